The minimum absolute atomic E-state index is 0. The van der Waals surface area contributed by atoms with Crippen LogP contribution in [0.2, 0.25) is 0 Å². The fraction of sp³-hybridized carbons (Fsp3) is 0.387. The number of rotatable bonds is 10. The number of piperidine rings is 1. The van der Waals surface area contributed by atoms with Crippen molar-refractivity contribution in [3.8, 4) is 22.6 Å². The number of carboxylic acids is 1. The topological polar surface area (TPSA) is 59.0 Å². The van der Waals surface area contributed by atoms with E-state index in [9.17, 15) is 14.3 Å². The summed E-state index contributed by atoms with van der Waals surface area (Å²) in [4.78, 5) is 13.7. The first-order valence-corrected chi connectivity index (χ1v) is 13.1. The van der Waals surface area contributed by atoms with Gasteiger partial charge in [0.1, 0.15) is 17.3 Å². The maximum absolute atomic E-state index is 13.9. The standard InChI is InChI=1S/C31H34FNO4.H2S/c1-36-26-10-11-28(23-4-2-6-25(32)16-23)30(18-26)33-14-12-21(13-15-33)20-37-27-7-3-5-24(17-27)29(19-31(34)35)22-8-9-22;/h2-7,10-11,16-18,21-22,29H,8-9,12-15,19-20H2,1H3,(H,34,35);1H2/t29-;/m0./s1. The number of hydrogen-bond acceptors (Lipinski definition) is 4. The molecule has 5 rings (SSSR count). The lowest BCUT2D eigenvalue weighted by molar-refractivity contribution is -0.137. The Hall–Kier alpha value is -3.19. The Morgan fingerprint density at radius 1 is 1.00 bits per heavy atom. The molecule has 1 atom stereocenters. The van der Waals surface area contributed by atoms with Crippen LogP contribution in [-0.2, 0) is 4.79 Å². The molecule has 1 saturated heterocycles. The Labute approximate surface area is 231 Å². The predicted octanol–water partition coefficient (Wildman–Crippen LogP) is 6.88. The van der Waals surface area contributed by atoms with Crippen molar-refractivity contribution in [2.45, 2.75) is 38.0 Å². The Kier molecular flexibility index (Phi) is 9.21. The predicted molar refractivity (Wildman–Crippen MR) is 153 cm³/mol. The number of ether oxygens (including phenoxy) is 2. The first-order valence-electron chi connectivity index (χ1n) is 13.1. The number of benzene rings is 3. The second kappa shape index (κ2) is 12.6. The Morgan fingerprint density at radius 2 is 1.76 bits per heavy atom. The van der Waals surface area contributed by atoms with Gasteiger partial charge in [-0.3, -0.25) is 4.79 Å². The molecule has 0 aromatic heterocycles. The van der Waals surface area contributed by atoms with E-state index < -0.39 is 5.97 Å². The maximum Gasteiger partial charge on any atom is 0.303 e. The highest BCUT2D eigenvalue weighted by atomic mass is 32.1. The van der Waals surface area contributed by atoms with E-state index in [-0.39, 0.29) is 31.7 Å². The molecule has 1 N–H and O–H groups in total. The van der Waals surface area contributed by atoms with Crippen LogP contribution in [0.5, 0.6) is 11.5 Å². The average Bonchev–Trinajstić information content (AvgIpc) is 3.76. The first kappa shape index (κ1) is 27.8. The van der Waals surface area contributed by atoms with Gasteiger partial charge in [-0.2, -0.15) is 13.5 Å². The van der Waals surface area contributed by atoms with Crippen molar-refractivity contribution in [1.29, 1.82) is 0 Å². The molecule has 3 aromatic rings. The first-order chi connectivity index (χ1) is 18.0. The minimum atomic E-state index is -0.744. The molecule has 5 nitrogen and oxygen atoms in total. The van der Waals surface area contributed by atoms with Gasteiger partial charge in [-0.1, -0.05) is 24.3 Å². The number of aliphatic carboxylic acids is 1. The van der Waals surface area contributed by atoms with Gasteiger partial charge in [0.05, 0.1) is 20.1 Å². The Morgan fingerprint density at radius 3 is 2.45 bits per heavy atom. The van der Waals surface area contributed by atoms with Crippen molar-refractivity contribution < 1.29 is 23.8 Å². The summed E-state index contributed by atoms with van der Waals surface area (Å²) in [6, 6.07) is 20.7. The Bertz CT molecular complexity index is 1240. The number of halogens is 1. The van der Waals surface area contributed by atoms with Gasteiger partial charge in [0.2, 0.25) is 0 Å². The zero-order chi connectivity index (χ0) is 25.8. The third kappa shape index (κ3) is 6.81. The number of carboxylic acid groups (broad SMARTS) is 1. The van der Waals surface area contributed by atoms with Gasteiger partial charge in [0, 0.05) is 30.4 Å². The largest absolute Gasteiger partial charge is 0.497 e. The number of hydrogen-bond donors (Lipinski definition) is 1. The third-order valence-corrected chi connectivity index (χ3v) is 7.65. The summed E-state index contributed by atoms with van der Waals surface area (Å²) < 4.78 is 25.6. The smallest absolute Gasteiger partial charge is 0.303 e. The van der Waals surface area contributed by atoms with Gasteiger partial charge < -0.3 is 19.5 Å². The highest BCUT2D eigenvalue weighted by molar-refractivity contribution is 7.59. The molecule has 0 bridgehead atoms. The van der Waals surface area contributed by atoms with E-state index in [1.54, 1.807) is 19.2 Å². The minimum Gasteiger partial charge on any atom is -0.497 e. The van der Waals surface area contributed by atoms with Crippen LogP contribution >= 0.6 is 13.5 Å². The molecule has 1 aliphatic heterocycles. The van der Waals surface area contributed by atoms with Crippen molar-refractivity contribution in [2.75, 3.05) is 31.7 Å². The zero-order valence-corrected chi connectivity index (χ0v) is 22.7. The van der Waals surface area contributed by atoms with E-state index >= 15 is 0 Å². The lowest BCUT2D eigenvalue weighted by Crippen LogP contribution is -2.35. The van der Waals surface area contributed by atoms with E-state index in [1.165, 1.54) is 6.07 Å². The van der Waals surface area contributed by atoms with Gasteiger partial charge in [-0.05, 0) is 91.0 Å². The summed E-state index contributed by atoms with van der Waals surface area (Å²) in [5.41, 5.74) is 3.98. The summed E-state index contributed by atoms with van der Waals surface area (Å²) in [7, 11) is 1.66. The van der Waals surface area contributed by atoms with E-state index in [4.69, 9.17) is 9.47 Å². The SMILES string of the molecule is COc1ccc(-c2cccc(F)c2)c(N2CCC(COc3cccc([C@@H](CC(=O)O)C4CC4)c3)CC2)c1.S. The molecule has 38 heavy (non-hydrogen) atoms. The van der Waals surface area contributed by atoms with E-state index in [2.05, 4.69) is 4.90 Å². The quantitative estimate of drug-likeness (QED) is 0.306. The summed E-state index contributed by atoms with van der Waals surface area (Å²) in [6.07, 6.45) is 4.37. The number of methoxy groups -OCH3 is 1. The molecule has 1 aliphatic carbocycles. The van der Waals surface area contributed by atoms with Crippen LogP contribution in [0.4, 0.5) is 10.1 Å². The molecule has 0 amide bonds. The lowest BCUT2D eigenvalue weighted by atomic mass is 9.91. The zero-order valence-electron chi connectivity index (χ0n) is 21.7. The summed E-state index contributed by atoms with van der Waals surface area (Å²) in [5, 5.41) is 9.33. The van der Waals surface area contributed by atoms with E-state index in [0.717, 1.165) is 72.6 Å². The highest BCUT2D eigenvalue weighted by Gasteiger charge is 2.34. The summed E-state index contributed by atoms with van der Waals surface area (Å²) in [5.74, 6) is 1.59. The molecule has 1 saturated carbocycles. The molecule has 0 unspecified atom stereocenters. The summed E-state index contributed by atoms with van der Waals surface area (Å²) in [6.45, 7) is 2.40. The molecule has 2 fully saturated rings. The molecule has 3 aromatic carbocycles. The van der Waals surface area contributed by atoms with Crippen LogP contribution in [0.15, 0.2) is 66.7 Å². The van der Waals surface area contributed by atoms with E-state index in [0.29, 0.717) is 18.4 Å². The van der Waals surface area contributed by atoms with Crippen molar-refractivity contribution in [3.05, 3.63) is 78.1 Å². The highest BCUT2D eigenvalue weighted by Crippen LogP contribution is 2.45. The van der Waals surface area contributed by atoms with Crippen LogP contribution in [0.3, 0.4) is 0 Å². The van der Waals surface area contributed by atoms with Crippen LogP contribution in [0.25, 0.3) is 11.1 Å². The van der Waals surface area contributed by atoms with Crippen LogP contribution in [0.1, 0.15) is 43.6 Å². The second-order valence-corrected chi connectivity index (χ2v) is 10.2. The molecule has 2 aliphatic rings. The fourth-order valence-corrected chi connectivity index (χ4v) is 5.43. The molecule has 0 spiro atoms. The van der Waals surface area contributed by atoms with Gasteiger partial charge in [0.25, 0.3) is 0 Å². The van der Waals surface area contributed by atoms with Crippen molar-refractivity contribution >= 4 is 25.2 Å². The molecule has 202 valence electrons. The number of carbonyl (C=O) groups is 1. The second-order valence-electron chi connectivity index (χ2n) is 10.2. The average molecular weight is 538 g/mol. The van der Waals surface area contributed by atoms with Crippen LogP contribution < -0.4 is 14.4 Å². The molecule has 0 radical (unpaired) electrons. The monoisotopic (exact) mass is 537 g/mol. The third-order valence-electron chi connectivity index (χ3n) is 7.65. The van der Waals surface area contributed by atoms with Crippen LogP contribution in [-0.4, -0.2) is 37.9 Å². The molecular formula is C31H36FNO4S. The van der Waals surface area contributed by atoms with Gasteiger partial charge in [-0.25, -0.2) is 4.39 Å². The normalized spacial score (nSPS) is 16.4. The number of anilines is 1. The molecular weight excluding hydrogens is 501 g/mol. The van der Waals surface area contributed by atoms with Gasteiger partial charge >= 0.3 is 5.97 Å². The summed E-state index contributed by atoms with van der Waals surface area (Å²) >= 11 is 0. The van der Waals surface area contributed by atoms with Crippen molar-refractivity contribution in [3.63, 3.8) is 0 Å². The lowest BCUT2D eigenvalue weighted by Gasteiger charge is -2.35. The van der Waals surface area contributed by atoms with Crippen molar-refractivity contribution in [1.82, 2.24) is 0 Å². The molecule has 7 heteroatoms. The van der Waals surface area contributed by atoms with Gasteiger partial charge in [0.15, 0.2) is 0 Å². The van der Waals surface area contributed by atoms with Gasteiger partial charge in [-0.15, -0.1) is 0 Å². The molecule has 1 heterocycles. The maximum atomic E-state index is 13.9. The van der Waals surface area contributed by atoms with Crippen LogP contribution in [0, 0.1) is 17.7 Å². The van der Waals surface area contributed by atoms with E-state index in [1.807, 2.05) is 48.5 Å². The van der Waals surface area contributed by atoms with Crippen molar-refractivity contribution in [2.24, 2.45) is 11.8 Å². The Balaban J connectivity index is 0.00000336. The number of nitrogens with zero attached hydrogens (tertiary/aromatic N) is 1. The fourth-order valence-electron chi connectivity index (χ4n) is 5.43.